The molecule has 0 atom stereocenters. The van der Waals surface area contributed by atoms with Gasteiger partial charge in [0.05, 0.1) is 13.1 Å². The monoisotopic (exact) mass is 361 g/mol. The number of furan rings is 1. The van der Waals surface area contributed by atoms with Crippen LogP contribution in [0.5, 0.6) is 0 Å². The van der Waals surface area contributed by atoms with Gasteiger partial charge in [-0.2, -0.15) is 4.98 Å². The first-order chi connectivity index (χ1) is 10.7. The summed E-state index contributed by atoms with van der Waals surface area (Å²) >= 11 is 3.30. The average molecular weight is 362 g/mol. The van der Waals surface area contributed by atoms with Crippen LogP contribution in [0.3, 0.4) is 0 Å². The maximum Gasteiger partial charge on any atom is 0.240 e. The van der Waals surface area contributed by atoms with Crippen LogP contribution in [0.25, 0.3) is 0 Å². The fourth-order valence-electron chi connectivity index (χ4n) is 2.19. The molecule has 0 amide bonds. The molecule has 0 N–H and O–H groups in total. The van der Waals surface area contributed by atoms with E-state index in [1.807, 2.05) is 37.4 Å². The zero-order valence-electron chi connectivity index (χ0n) is 12.2. The van der Waals surface area contributed by atoms with Gasteiger partial charge in [-0.1, -0.05) is 35.5 Å². The molecule has 114 valence electrons. The average Bonchev–Trinajstić information content (AvgIpc) is 3.09. The predicted molar refractivity (Wildman–Crippen MR) is 85.1 cm³/mol. The maximum absolute atomic E-state index is 5.48. The Morgan fingerprint density at radius 3 is 2.64 bits per heavy atom. The van der Waals surface area contributed by atoms with Gasteiger partial charge in [-0.25, -0.2) is 0 Å². The van der Waals surface area contributed by atoms with Crippen molar-refractivity contribution in [2.24, 2.45) is 0 Å². The number of benzene rings is 1. The van der Waals surface area contributed by atoms with Crippen molar-refractivity contribution < 1.29 is 8.94 Å². The third-order valence-corrected chi connectivity index (χ3v) is 3.60. The van der Waals surface area contributed by atoms with Gasteiger partial charge < -0.3 is 8.94 Å². The Morgan fingerprint density at radius 2 is 1.91 bits per heavy atom. The van der Waals surface area contributed by atoms with E-state index in [2.05, 4.69) is 43.1 Å². The van der Waals surface area contributed by atoms with Crippen LogP contribution in [0.4, 0.5) is 0 Å². The third kappa shape index (κ3) is 4.05. The van der Waals surface area contributed by atoms with Gasteiger partial charge in [-0.05, 0) is 40.7 Å². The zero-order chi connectivity index (χ0) is 15.4. The molecule has 5 nitrogen and oxygen atoms in total. The molecule has 0 radical (unpaired) electrons. The molecule has 0 aliphatic carbocycles. The summed E-state index contributed by atoms with van der Waals surface area (Å²) in [7, 11) is 1.98. The molecule has 1 aromatic carbocycles. The van der Waals surface area contributed by atoms with Crippen LogP contribution in [0, 0.1) is 0 Å². The minimum atomic E-state index is 0.583. The summed E-state index contributed by atoms with van der Waals surface area (Å²) in [5.41, 5.74) is 1.17. The van der Waals surface area contributed by atoms with Crippen molar-refractivity contribution in [2.45, 2.75) is 19.5 Å². The largest absolute Gasteiger partial charge is 0.453 e. The zero-order valence-corrected chi connectivity index (χ0v) is 13.8. The summed E-state index contributed by atoms with van der Waals surface area (Å²) in [4.78, 5) is 6.49. The molecule has 0 saturated carbocycles. The lowest BCUT2D eigenvalue weighted by atomic mass is 10.1. The van der Waals surface area contributed by atoms with E-state index in [4.69, 9.17) is 8.94 Å². The van der Waals surface area contributed by atoms with Crippen molar-refractivity contribution in [3.8, 4) is 0 Å². The van der Waals surface area contributed by atoms with Gasteiger partial charge in [0, 0.05) is 6.42 Å². The van der Waals surface area contributed by atoms with Gasteiger partial charge >= 0.3 is 0 Å². The smallest absolute Gasteiger partial charge is 0.240 e. The van der Waals surface area contributed by atoms with Crippen LogP contribution in [0.2, 0.25) is 0 Å². The van der Waals surface area contributed by atoms with Gasteiger partial charge in [0.15, 0.2) is 10.5 Å². The van der Waals surface area contributed by atoms with Gasteiger partial charge in [-0.3, -0.25) is 4.90 Å². The molecule has 2 heterocycles. The van der Waals surface area contributed by atoms with E-state index in [1.54, 1.807) is 0 Å². The summed E-state index contributed by atoms with van der Waals surface area (Å²) in [5, 5.41) is 4.03. The van der Waals surface area contributed by atoms with Crippen molar-refractivity contribution in [1.29, 1.82) is 0 Å². The molecule has 3 rings (SSSR count). The van der Waals surface area contributed by atoms with E-state index in [-0.39, 0.29) is 0 Å². The summed E-state index contributed by atoms with van der Waals surface area (Å²) in [5.74, 6) is 2.20. The second kappa shape index (κ2) is 6.89. The van der Waals surface area contributed by atoms with Crippen molar-refractivity contribution in [3.63, 3.8) is 0 Å². The standard InChI is InChI=1S/C16H16BrN3O2/c1-20(10-13-7-8-14(17)21-13)11-16-18-15(19-22-16)9-12-5-3-2-4-6-12/h2-8H,9-11H2,1H3. The van der Waals surface area contributed by atoms with E-state index in [0.29, 0.717) is 31.2 Å². The number of halogens is 1. The molecule has 22 heavy (non-hydrogen) atoms. The molecule has 0 unspecified atom stereocenters. The Kier molecular flexibility index (Phi) is 4.70. The van der Waals surface area contributed by atoms with E-state index < -0.39 is 0 Å². The second-order valence-corrected chi connectivity index (χ2v) is 5.93. The van der Waals surface area contributed by atoms with Gasteiger partial charge in [0.2, 0.25) is 5.89 Å². The van der Waals surface area contributed by atoms with Crippen LogP contribution in [-0.4, -0.2) is 22.1 Å². The summed E-state index contributed by atoms with van der Waals surface area (Å²) in [6, 6.07) is 13.9. The van der Waals surface area contributed by atoms with Crippen LogP contribution in [-0.2, 0) is 19.5 Å². The highest BCUT2D eigenvalue weighted by atomic mass is 79.9. The first-order valence-corrected chi connectivity index (χ1v) is 7.76. The Hall–Kier alpha value is -1.92. The molecule has 0 bridgehead atoms. The number of nitrogens with zero attached hydrogens (tertiary/aromatic N) is 3. The van der Waals surface area contributed by atoms with E-state index in [9.17, 15) is 0 Å². The molecule has 0 aliphatic heterocycles. The fraction of sp³-hybridized carbons (Fsp3) is 0.250. The summed E-state index contributed by atoms with van der Waals surface area (Å²) in [6.45, 7) is 1.27. The van der Waals surface area contributed by atoms with Crippen LogP contribution in [0.15, 0.2) is 56.1 Å². The minimum absolute atomic E-state index is 0.583. The molecular formula is C16H16BrN3O2. The first-order valence-electron chi connectivity index (χ1n) is 6.97. The van der Waals surface area contributed by atoms with Gasteiger partial charge in [0.25, 0.3) is 0 Å². The summed E-state index contributed by atoms with van der Waals surface area (Å²) < 4.78 is 11.5. The van der Waals surface area contributed by atoms with Crippen molar-refractivity contribution >= 4 is 15.9 Å². The van der Waals surface area contributed by atoms with Crippen molar-refractivity contribution in [2.75, 3.05) is 7.05 Å². The van der Waals surface area contributed by atoms with Crippen LogP contribution in [0.1, 0.15) is 23.0 Å². The Balaban J connectivity index is 1.57. The molecule has 2 aromatic heterocycles. The van der Waals surface area contributed by atoms with Crippen molar-refractivity contribution in [1.82, 2.24) is 15.0 Å². The third-order valence-electron chi connectivity index (χ3n) is 3.18. The highest BCUT2D eigenvalue weighted by Gasteiger charge is 2.11. The highest BCUT2D eigenvalue weighted by Crippen LogP contribution is 2.16. The maximum atomic E-state index is 5.48. The minimum Gasteiger partial charge on any atom is -0.453 e. The Bertz CT molecular complexity index is 724. The molecule has 0 spiro atoms. The first kappa shape index (κ1) is 15.0. The lowest BCUT2D eigenvalue weighted by Gasteiger charge is -2.11. The van der Waals surface area contributed by atoms with Gasteiger partial charge in [-0.15, -0.1) is 0 Å². The normalized spacial score (nSPS) is 11.2. The molecule has 0 aliphatic rings. The lowest BCUT2D eigenvalue weighted by Crippen LogP contribution is -2.17. The SMILES string of the molecule is CN(Cc1ccc(Br)o1)Cc1nc(Cc2ccccc2)no1. The van der Waals surface area contributed by atoms with Crippen LogP contribution < -0.4 is 0 Å². The number of hydrogen-bond donors (Lipinski definition) is 0. The number of rotatable bonds is 6. The fourth-order valence-corrected chi connectivity index (χ4v) is 2.53. The molecule has 0 saturated heterocycles. The molecule has 6 heteroatoms. The van der Waals surface area contributed by atoms with E-state index in [0.717, 1.165) is 10.4 Å². The van der Waals surface area contributed by atoms with E-state index in [1.165, 1.54) is 5.56 Å². The summed E-state index contributed by atoms with van der Waals surface area (Å²) in [6.07, 6.45) is 0.680. The van der Waals surface area contributed by atoms with E-state index >= 15 is 0 Å². The second-order valence-electron chi connectivity index (χ2n) is 5.14. The van der Waals surface area contributed by atoms with Crippen molar-refractivity contribution in [3.05, 3.63) is 70.2 Å². The topological polar surface area (TPSA) is 55.3 Å². The predicted octanol–water partition coefficient (Wildman–Crippen LogP) is 3.65. The number of hydrogen-bond acceptors (Lipinski definition) is 5. The molecule has 3 aromatic rings. The Labute approximate surface area is 137 Å². The molecule has 0 fully saturated rings. The van der Waals surface area contributed by atoms with Gasteiger partial charge in [0.1, 0.15) is 5.76 Å². The Morgan fingerprint density at radius 1 is 1.09 bits per heavy atom. The lowest BCUT2D eigenvalue weighted by molar-refractivity contribution is 0.243. The van der Waals surface area contributed by atoms with Crippen LogP contribution >= 0.6 is 15.9 Å². The molecular weight excluding hydrogens is 346 g/mol. The number of aromatic nitrogens is 2. The quantitative estimate of drug-likeness (QED) is 0.670. The highest BCUT2D eigenvalue weighted by molar-refractivity contribution is 9.10.